The number of rotatable bonds is 1. The molecule has 1 aliphatic heterocycles. The zero-order chi connectivity index (χ0) is 7.56. The van der Waals surface area contributed by atoms with E-state index in [2.05, 4.69) is 0 Å². The van der Waals surface area contributed by atoms with Crippen LogP contribution in [-0.2, 0) is 0 Å². The van der Waals surface area contributed by atoms with E-state index in [9.17, 15) is 4.39 Å². The SMILES string of the molecule is CSN1CC[C@@H](O)[C@H](F)C1. The minimum atomic E-state index is -1.05. The normalized spacial score (nSPS) is 36.3. The Labute approximate surface area is 64.5 Å². The van der Waals surface area contributed by atoms with Crippen LogP contribution in [-0.4, -0.2) is 41.0 Å². The molecule has 0 saturated carbocycles. The third-order valence-electron chi connectivity index (χ3n) is 1.73. The Morgan fingerprint density at radius 1 is 1.70 bits per heavy atom. The molecule has 0 aliphatic carbocycles. The highest BCUT2D eigenvalue weighted by Crippen LogP contribution is 2.18. The maximum absolute atomic E-state index is 12.7. The van der Waals surface area contributed by atoms with Gasteiger partial charge in [0.1, 0.15) is 6.17 Å². The Morgan fingerprint density at radius 2 is 2.40 bits per heavy atom. The van der Waals surface area contributed by atoms with E-state index in [-0.39, 0.29) is 0 Å². The molecule has 2 atom stereocenters. The molecule has 0 bridgehead atoms. The zero-order valence-corrected chi connectivity index (χ0v) is 6.77. The highest BCUT2D eigenvalue weighted by atomic mass is 32.2. The number of halogens is 1. The second-order valence-electron chi connectivity index (χ2n) is 2.44. The van der Waals surface area contributed by atoms with Crippen LogP contribution in [0.3, 0.4) is 0 Å². The van der Waals surface area contributed by atoms with Gasteiger partial charge in [0.2, 0.25) is 0 Å². The fourth-order valence-electron chi connectivity index (χ4n) is 1.03. The average Bonchev–Trinajstić information content (AvgIpc) is 1.95. The first-order valence-electron chi connectivity index (χ1n) is 3.35. The summed E-state index contributed by atoms with van der Waals surface area (Å²) in [5, 5.41) is 8.98. The van der Waals surface area contributed by atoms with Gasteiger partial charge in [-0.3, -0.25) is 0 Å². The first kappa shape index (κ1) is 8.30. The largest absolute Gasteiger partial charge is 0.390 e. The molecule has 0 spiro atoms. The van der Waals surface area contributed by atoms with Crippen molar-refractivity contribution in [2.45, 2.75) is 18.7 Å². The molecule has 0 aromatic carbocycles. The van der Waals surface area contributed by atoms with Crippen molar-refractivity contribution in [3.05, 3.63) is 0 Å². The molecule has 0 unspecified atom stereocenters. The van der Waals surface area contributed by atoms with Crippen LogP contribution in [0.25, 0.3) is 0 Å². The number of aliphatic hydroxyl groups is 1. The van der Waals surface area contributed by atoms with Gasteiger partial charge in [0.25, 0.3) is 0 Å². The van der Waals surface area contributed by atoms with Crippen molar-refractivity contribution in [3.63, 3.8) is 0 Å². The Kier molecular flexibility index (Phi) is 2.95. The van der Waals surface area contributed by atoms with Gasteiger partial charge in [0, 0.05) is 13.1 Å². The molecule has 0 radical (unpaired) electrons. The van der Waals surface area contributed by atoms with Gasteiger partial charge < -0.3 is 5.11 Å². The van der Waals surface area contributed by atoms with Crippen LogP contribution in [0.2, 0.25) is 0 Å². The minimum Gasteiger partial charge on any atom is -0.390 e. The van der Waals surface area contributed by atoms with Crippen molar-refractivity contribution >= 4 is 11.9 Å². The van der Waals surface area contributed by atoms with Crippen molar-refractivity contribution in [3.8, 4) is 0 Å². The number of nitrogens with zero attached hydrogens (tertiary/aromatic N) is 1. The maximum Gasteiger partial charge on any atom is 0.139 e. The summed E-state index contributed by atoms with van der Waals surface area (Å²) < 4.78 is 14.6. The van der Waals surface area contributed by atoms with E-state index >= 15 is 0 Å². The first-order valence-corrected chi connectivity index (χ1v) is 4.53. The van der Waals surface area contributed by atoms with Crippen LogP contribution in [0, 0.1) is 0 Å². The third kappa shape index (κ3) is 1.84. The Morgan fingerprint density at radius 3 is 2.90 bits per heavy atom. The number of aliphatic hydroxyl groups excluding tert-OH is 1. The molecular weight excluding hydrogens is 153 g/mol. The van der Waals surface area contributed by atoms with Crippen molar-refractivity contribution in [1.29, 1.82) is 0 Å². The van der Waals surface area contributed by atoms with Crippen LogP contribution >= 0.6 is 11.9 Å². The van der Waals surface area contributed by atoms with Crippen LogP contribution < -0.4 is 0 Å². The summed E-state index contributed by atoms with van der Waals surface area (Å²) in [7, 11) is 0. The lowest BCUT2D eigenvalue weighted by Crippen LogP contribution is -2.41. The molecule has 1 rings (SSSR count). The van der Waals surface area contributed by atoms with E-state index in [1.165, 1.54) is 11.9 Å². The number of alkyl halides is 1. The molecule has 0 aromatic heterocycles. The van der Waals surface area contributed by atoms with E-state index < -0.39 is 12.3 Å². The summed E-state index contributed by atoms with van der Waals surface area (Å²) in [6, 6.07) is 0. The molecule has 60 valence electrons. The molecule has 4 heteroatoms. The molecule has 2 nitrogen and oxygen atoms in total. The lowest BCUT2D eigenvalue weighted by Gasteiger charge is -2.29. The van der Waals surface area contributed by atoms with Crippen molar-refractivity contribution in [2.24, 2.45) is 0 Å². The summed E-state index contributed by atoms with van der Waals surface area (Å²) in [6.07, 6.45) is 0.691. The number of hydrogen-bond acceptors (Lipinski definition) is 3. The molecule has 1 heterocycles. The molecule has 0 amide bonds. The van der Waals surface area contributed by atoms with E-state index in [1.54, 1.807) is 0 Å². The van der Waals surface area contributed by atoms with Gasteiger partial charge in [0.05, 0.1) is 6.10 Å². The van der Waals surface area contributed by atoms with Crippen molar-refractivity contribution in [2.75, 3.05) is 19.3 Å². The van der Waals surface area contributed by atoms with Gasteiger partial charge in [-0.1, -0.05) is 11.9 Å². The van der Waals surface area contributed by atoms with Crippen molar-refractivity contribution in [1.82, 2.24) is 4.31 Å². The zero-order valence-electron chi connectivity index (χ0n) is 5.96. The van der Waals surface area contributed by atoms with Crippen molar-refractivity contribution < 1.29 is 9.50 Å². The summed E-state index contributed by atoms with van der Waals surface area (Å²) in [4.78, 5) is 0. The van der Waals surface area contributed by atoms with Gasteiger partial charge in [-0.15, -0.1) is 0 Å². The lowest BCUT2D eigenvalue weighted by atomic mass is 10.1. The topological polar surface area (TPSA) is 23.5 Å². The maximum atomic E-state index is 12.7. The van der Waals surface area contributed by atoms with E-state index in [4.69, 9.17) is 5.11 Å². The average molecular weight is 165 g/mol. The lowest BCUT2D eigenvalue weighted by molar-refractivity contribution is 0.0330. The fourth-order valence-corrected chi connectivity index (χ4v) is 1.61. The van der Waals surface area contributed by atoms with Crippen LogP contribution in [0.1, 0.15) is 6.42 Å². The Bertz CT molecular complexity index is 114. The quantitative estimate of drug-likeness (QED) is 0.578. The van der Waals surface area contributed by atoms with Gasteiger partial charge in [-0.05, 0) is 12.7 Å². The predicted molar refractivity (Wildman–Crippen MR) is 40.6 cm³/mol. The van der Waals surface area contributed by atoms with E-state index in [0.717, 1.165) is 6.54 Å². The predicted octanol–water partition coefficient (Wildman–Crippen LogP) is 0.669. The molecule has 10 heavy (non-hydrogen) atoms. The second kappa shape index (κ2) is 3.55. The highest BCUT2D eigenvalue weighted by Gasteiger charge is 2.26. The summed E-state index contributed by atoms with van der Waals surface area (Å²) in [6.45, 7) is 1.16. The Balaban J connectivity index is 2.33. The van der Waals surface area contributed by atoms with E-state index in [0.29, 0.717) is 13.0 Å². The second-order valence-corrected chi connectivity index (χ2v) is 3.32. The smallest absolute Gasteiger partial charge is 0.139 e. The summed E-state index contributed by atoms with van der Waals surface area (Å²) >= 11 is 1.53. The minimum absolute atomic E-state index is 0.363. The van der Waals surface area contributed by atoms with E-state index in [1.807, 2.05) is 10.6 Å². The molecular formula is C6H12FNOS. The highest BCUT2D eigenvalue weighted by molar-refractivity contribution is 7.96. The van der Waals surface area contributed by atoms with Gasteiger partial charge in [0.15, 0.2) is 0 Å². The third-order valence-corrected chi connectivity index (χ3v) is 2.58. The molecule has 1 N–H and O–H groups in total. The number of hydrogen-bond donors (Lipinski definition) is 1. The molecule has 0 aromatic rings. The molecule has 1 fully saturated rings. The number of piperidine rings is 1. The summed E-state index contributed by atoms with van der Waals surface area (Å²) in [5.74, 6) is 0. The van der Waals surface area contributed by atoms with Gasteiger partial charge >= 0.3 is 0 Å². The standard InChI is InChI=1S/C6H12FNOS/c1-10-8-3-2-6(9)5(7)4-8/h5-6,9H,2-4H2,1H3/t5-,6-/m1/s1. The fraction of sp³-hybridized carbons (Fsp3) is 1.00. The molecule has 1 saturated heterocycles. The van der Waals surface area contributed by atoms with Crippen LogP contribution in [0.15, 0.2) is 0 Å². The Hall–Kier alpha value is 0.200. The van der Waals surface area contributed by atoms with Gasteiger partial charge in [-0.2, -0.15) is 0 Å². The molecule has 1 aliphatic rings. The van der Waals surface area contributed by atoms with Crippen LogP contribution in [0.5, 0.6) is 0 Å². The van der Waals surface area contributed by atoms with Gasteiger partial charge in [-0.25, -0.2) is 8.70 Å². The summed E-state index contributed by atoms with van der Waals surface area (Å²) in [5.41, 5.74) is 0. The van der Waals surface area contributed by atoms with Crippen LogP contribution in [0.4, 0.5) is 4.39 Å². The monoisotopic (exact) mass is 165 g/mol. The first-order chi connectivity index (χ1) is 4.74.